The third kappa shape index (κ3) is 2.53. The molecule has 0 spiro atoms. The van der Waals surface area contributed by atoms with Crippen molar-refractivity contribution in [2.75, 3.05) is 0 Å². The molecule has 0 aliphatic heterocycles. The summed E-state index contributed by atoms with van der Waals surface area (Å²) >= 11 is 3.27. The number of hydrogen-bond acceptors (Lipinski definition) is 2. The third-order valence-electron chi connectivity index (χ3n) is 1.75. The van der Waals surface area contributed by atoms with Crippen molar-refractivity contribution >= 4 is 15.9 Å². The lowest BCUT2D eigenvalue weighted by Gasteiger charge is -2.05. The summed E-state index contributed by atoms with van der Waals surface area (Å²) in [5.74, 6) is 0.502. The van der Waals surface area contributed by atoms with Crippen molar-refractivity contribution in [3.8, 4) is 11.6 Å². The maximum Gasteiger partial charge on any atom is 0.219 e. The van der Waals surface area contributed by atoms with Gasteiger partial charge >= 0.3 is 0 Å². The Morgan fingerprint density at radius 3 is 2.80 bits per heavy atom. The van der Waals surface area contributed by atoms with Gasteiger partial charge in [0.2, 0.25) is 5.88 Å². The highest BCUT2D eigenvalue weighted by atomic mass is 79.9. The maximum absolute atomic E-state index is 12.9. The lowest BCUT2D eigenvalue weighted by atomic mass is 10.3. The van der Waals surface area contributed by atoms with E-state index in [0.29, 0.717) is 16.1 Å². The number of hydrogen-bond donors (Lipinski definition) is 0. The highest BCUT2D eigenvalue weighted by Gasteiger charge is 2.04. The molecular formula is C11H7BrFNO. The van der Waals surface area contributed by atoms with E-state index in [4.69, 9.17) is 4.74 Å². The summed E-state index contributed by atoms with van der Waals surface area (Å²) in [5.41, 5.74) is 0. The molecule has 1 heterocycles. The van der Waals surface area contributed by atoms with Crippen LogP contribution in [-0.2, 0) is 0 Å². The first-order valence-corrected chi connectivity index (χ1v) is 5.09. The predicted octanol–water partition coefficient (Wildman–Crippen LogP) is 3.78. The Morgan fingerprint density at radius 1 is 1.20 bits per heavy atom. The average molecular weight is 268 g/mol. The number of ether oxygens (including phenoxy) is 1. The Kier molecular flexibility index (Phi) is 2.97. The molecule has 0 atom stereocenters. The van der Waals surface area contributed by atoms with Crippen LogP contribution in [0.2, 0.25) is 0 Å². The molecule has 2 nitrogen and oxygen atoms in total. The molecule has 0 aliphatic rings. The Bertz CT molecular complexity index is 461. The highest BCUT2D eigenvalue weighted by molar-refractivity contribution is 9.10. The van der Waals surface area contributed by atoms with Gasteiger partial charge in [-0.05, 0) is 34.1 Å². The van der Waals surface area contributed by atoms with Crippen molar-refractivity contribution in [2.24, 2.45) is 0 Å². The first kappa shape index (κ1) is 10.1. The fourth-order valence-electron chi connectivity index (χ4n) is 1.08. The van der Waals surface area contributed by atoms with Gasteiger partial charge in [0.1, 0.15) is 11.6 Å². The van der Waals surface area contributed by atoms with Crippen LogP contribution in [0.3, 0.4) is 0 Å². The molecule has 0 saturated carbocycles. The van der Waals surface area contributed by atoms with Crippen LogP contribution in [0.5, 0.6) is 11.6 Å². The van der Waals surface area contributed by atoms with E-state index in [0.717, 1.165) is 0 Å². The molecule has 0 unspecified atom stereocenters. The number of nitrogens with zero attached hydrogens (tertiary/aromatic N) is 1. The first-order chi connectivity index (χ1) is 7.25. The minimum Gasteiger partial charge on any atom is -0.438 e. The molecule has 15 heavy (non-hydrogen) atoms. The van der Waals surface area contributed by atoms with Crippen LogP contribution >= 0.6 is 15.9 Å². The van der Waals surface area contributed by atoms with Crippen LogP contribution in [0.15, 0.2) is 47.1 Å². The lowest BCUT2D eigenvalue weighted by molar-refractivity contribution is 0.455. The van der Waals surface area contributed by atoms with Gasteiger partial charge in [0.05, 0.1) is 4.47 Å². The summed E-state index contributed by atoms with van der Waals surface area (Å²) in [6.45, 7) is 0. The molecule has 2 rings (SSSR count). The van der Waals surface area contributed by atoms with Gasteiger partial charge in [-0.2, -0.15) is 0 Å². The summed E-state index contributed by atoms with van der Waals surface area (Å²) in [4.78, 5) is 3.98. The molecule has 0 radical (unpaired) electrons. The molecule has 0 N–H and O–H groups in total. The summed E-state index contributed by atoms with van der Waals surface area (Å²) in [5, 5.41) is 0. The molecule has 0 saturated heterocycles. The number of aromatic nitrogens is 1. The number of pyridine rings is 1. The van der Waals surface area contributed by atoms with Gasteiger partial charge in [-0.15, -0.1) is 0 Å². The van der Waals surface area contributed by atoms with Gasteiger partial charge < -0.3 is 4.74 Å². The van der Waals surface area contributed by atoms with Crippen LogP contribution in [0.4, 0.5) is 4.39 Å². The van der Waals surface area contributed by atoms with Crippen molar-refractivity contribution in [1.29, 1.82) is 0 Å². The first-order valence-electron chi connectivity index (χ1n) is 4.29. The average Bonchev–Trinajstić information content (AvgIpc) is 2.25. The van der Waals surface area contributed by atoms with E-state index in [9.17, 15) is 4.39 Å². The van der Waals surface area contributed by atoms with Crippen LogP contribution < -0.4 is 4.74 Å². The van der Waals surface area contributed by atoms with E-state index in [1.165, 1.54) is 12.1 Å². The van der Waals surface area contributed by atoms with E-state index >= 15 is 0 Å². The Morgan fingerprint density at radius 2 is 2.07 bits per heavy atom. The van der Waals surface area contributed by atoms with Crippen molar-refractivity contribution in [3.05, 3.63) is 52.9 Å². The lowest BCUT2D eigenvalue weighted by Crippen LogP contribution is -1.88. The highest BCUT2D eigenvalue weighted by Crippen LogP contribution is 2.28. The van der Waals surface area contributed by atoms with Crippen LogP contribution in [-0.4, -0.2) is 4.98 Å². The van der Waals surface area contributed by atoms with Gasteiger partial charge in [0, 0.05) is 18.3 Å². The van der Waals surface area contributed by atoms with E-state index in [1.807, 2.05) is 0 Å². The Labute approximate surface area is 94.9 Å². The second-order valence-corrected chi connectivity index (χ2v) is 3.70. The number of halogens is 2. The van der Waals surface area contributed by atoms with Crippen molar-refractivity contribution < 1.29 is 9.13 Å². The van der Waals surface area contributed by atoms with E-state index < -0.39 is 0 Å². The predicted molar refractivity (Wildman–Crippen MR) is 58.4 cm³/mol. The van der Waals surface area contributed by atoms with Crippen molar-refractivity contribution in [3.63, 3.8) is 0 Å². The summed E-state index contributed by atoms with van der Waals surface area (Å²) in [6.07, 6.45) is 1.61. The Hall–Kier alpha value is -1.42. The molecule has 76 valence electrons. The molecule has 0 fully saturated rings. The SMILES string of the molecule is Fc1ccc(Br)c(Oc2ccccn2)c1. The van der Waals surface area contributed by atoms with Crippen molar-refractivity contribution in [2.45, 2.75) is 0 Å². The Balaban J connectivity index is 2.28. The molecule has 0 aliphatic carbocycles. The zero-order valence-electron chi connectivity index (χ0n) is 7.65. The normalized spacial score (nSPS) is 10.0. The van der Waals surface area contributed by atoms with Gasteiger partial charge in [-0.1, -0.05) is 6.07 Å². The number of benzene rings is 1. The maximum atomic E-state index is 12.9. The molecular weight excluding hydrogens is 261 g/mol. The van der Waals surface area contributed by atoms with E-state index in [1.54, 1.807) is 30.5 Å². The second-order valence-electron chi connectivity index (χ2n) is 2.84. The standard InChI is InChI=1S/C11H7BrFNO/c12-9-5-4-8(13)7-10(9)15-11-3-1-2-6-14-11/h1-7H. The zero-order chi connectivity index (χ0) is 10.7. The van der Waals surface area contributed by atoms with Crippen LogP contribution in [0.25, 0.3) is 0 Å². The molecule has 1 aromatic carbocycles. The van der Waals surface area contributed by atoms with Gasteiger partial charge in [0.25, 0.3) is 0 Å². The quantitative estimate of drug-likeness (QED) is 0.826. The largest absolute Gasteiger partial charge is 0.438 e. The monoisotopic (exact) mass is 267 g/mol. The molecule has 2 aromatic rings. The fraction of sp³-hybridized carbons (Fsp3) is 0. The van der Waals surface area contributed by atoms with Gasteiger partial charge in [-0.25, -0.2) is 9.37 Å². The summed E-state index contributed by atoms with van der Waals surface area (Å²) < 4.78 is 19.0. The smallest absolute Gasteiger partial charge is 0.219 e. The summed E-state index contributed by atoms with van der Waals surface area (Å²) in [7, 11) is 0. The fourth-order valence-corrected chi connectivity index (χ4v) is 1.40. The second kappa shape index (κ2) is 4.40. The minimum absolute atomic E-state index is 0.343. The topological polar surface area (TPSA) is 22.1 Å². The van der Waals surface area contributed by atoms with Crippen molar-refractivity contribution in [1.82, 2.24) is 4.98 Å². The van der Waals surface area contributed by atoms with E-state index in [-0.39, 0.29) is 5.82 Å². The molecule has 1 aromatic heterocycles. The van der Waals surface area contributed by atoms with Crippen LogP contribution in [0, 0.1) is 5.82 Å². The minimum atomic E-state index is -0.343. The molecule has 4 heteroatoms. The zero-order valence-corrected chi connectivity index (χ0v) is 9.24. The van der Waals surface area contributed by atoms with E-state index in [2.05, 4.69) is 20.9 Å². The number of rotatable bonds is 2. The van der Waals surface area contributed by atoms with Crippen LogP contribution in [0.1, 0.15) is 0 Å². The van der Waals surface area contributed by atoms with Gasteiger partial charge in [0.15, 0.2) is 0 Å². The molecule has 0 amide bonds. The molecule has 0 bridgehead atoms. The summed E-state index contributed by atoms with van der Waals surface area (Å²) in [6, 6.07) is 9.54. The third-order valence-corrected chi connectivity index (χ3v) is 2.40. The van der Waals surface area contributed by atoms with Gasteiger partial charge in [-0.3, -0.25) is 0 Å².